The lowest BCUT2D eigenvalue weighted by Crippen LogP contribution is -2.04. The number of rotatable bonds is 11. The summed E-state index contributed by atoms with van der Waals surface area (Å²) in [6.45, 7) is 6.79. The van der Waals surface area contributed by atoms with Gasteiger partial charge in [0.25, 0.3) is 0 Å². The van der Waals surface area contributed by atoms with Gasteiger partial charge in [-0.05, 0) is 32.4 Å². The van der Waals surface area contributed by atoms with Gasteiger partial charge in [-0.25, -0.2) is 0 Å². The van der Waals surface area contributed by atoms with Crippen molar-refractivity contribution in [3.63, 3.8) is 0 Å². The molecule has 118 valence electrons. The molecule has 0 heterocycles. The third-order valence-electron chi connectivity index (χ3n) is 3.74. The number of aryl methyl sites for hydroxylation is 1. The quantitative estimate of drug-likeness (QED) is 0.385. The van der Waals surface area contributed by atoms with Crippen LogP contribution in [0.1, 0.15) is 81.1 Å². The molecule has 1 rings (SSSR count). The summed E-state index contributed by atoms with van der Waals surface area (Å²) >= 11 is 0. The van der Waals surface area contributed by atoms with Gasteiger partial charge in [-0.1, -0.05) is 57.1 Å². The largest absolute Gasteiger partial charge is 0.493 e. The van der Waals surface area contributed by atoms with Crippen molar-refractivity contribution in [1.82, 2.24) is 0 Å². The smallest absolute Gasteiger partial charge is 0.166 e. The van der Waals surface area contributed by atoms with Gasteiger partial charge in [0.15, 0.2) is 5.78 Å². The molecule has 0 N–H and O–H groups in total. The summed E-state index contributed by atoms with van der Waals surface area (Å²) in [5.41, 5.74) is 1.87. The maximum absolute atomic E-state index is 12.3. The molecule has 0 saturated carbocycles. The molecule has 0 spiro atoms. The van der Waals surface area contributed by atoms with Gasteiger partial charge in [-0.2, -0.15) is 0 Å². The van der Waals surface area contributed by atoms with Crippen LogP contribution in [-0.2, 0) is 0 Å². The Labute approximate surface area is 129 Å². The van der Waals surface area contributed by atoms with Crippen LogP contribution in [-0.4, -0.2) is 12.4 Å². The van der Waals surface area contributed by atoms with Gasteiger partial charge in [-0.3, -0.25) is 4.79 Å². The van der Waals surface area contributed by atoms with Crippen molar-refractivity contribution in [2.75, 3.05) is 6.61 Å². The monoisotopic (exact) mass is 290 g/mol. The standard InChI is InChI=1S/C19H30O2/c1-4-6-7-8-9-10-11-12-18(20)17-15-16(3)13-14-19(17)21-5-2/h13-15H,4-12H2,1-3H3. The lowest BCUT2D eigenvalue weighted by Gasteiger charge is -2.10. The first-order valence-corrected chi connectivity index (χ1v) is 8.45. The van der Waals surface area contributed by atoms with Gasteiger partial charge < -0.3 is 4.74 Å². The summed E-state index contributed by atoms with van der Waals surface area (Å²) in [5, 5.41) is 0. The Morgan fingerprint density at radius 1 is 1.00 bits per heavy atom. The van der Waals surface area contributed by atoms with Gasteiger partial charge in [0.2, 0.25) is 0 Å². The summed E-state index contributed by atoms with van der Waals surface area (Å²) in [6.07, 6.45) is 9.28. The zero-order valence-corrected chi connectivity index (χ0v) is 13.9. The second kappa shape index (κ2) is 10.4. The molecule has 2 heteroatoms. The van der Waals surface area contributed by atoms with E-state index in [4.69, 9.17) is 4.74 Å². The molecular weight excluding hydrogens is 260 g/mol. The number of hydrogen-bond donors (Lipinski definition) is 0. The summed E-state index contributed by atoms with van der Waals surface area (Å²) in [5.74, 6) is 0.951. The maximum atomic E-state index is 12.3. The second-order valence-electron chi connectivity index (χ2n) is 5.73. The van der Waals surface area contributed by atoms with Crippen LogP contribution in [0.2, 0.25) is 0 Å². The van der Waals surface area contributed by atoms with E-state index < -0.39 is 0 Å². The third-order valence-corrected chi connectivity index (χ3v) is 3.74. The van der Waals surface area contributed by atoms with E-state index >= 15 is 0 Å². The van der Waals surface area contributed by atoms with E-state index in [1.54, 1.807) is 0 Å². The average Bonchev–Trinajstić information content (AvgIpc) is 2.48. The van der Waals surface area contributed by atoms with Crippen molar-refractivity contribution in [3.8, 4) is 5.75 Å². The van der Waals surface area contributed by atoms with Crippen molar-refractivity contribution in [3.05, 3.63) is 29.3 Å². The molecule has 0 unspecified atom stereocenters. The molecule has 0 amide bonds. The molecule has 0 radical (unpaired) electrons. The lowest BCUT2D eigenvalue weighted by atomic mass is 10.0. The van der Waals surface area contributed by atoms with Gasteiger partial charge in [-0.15, -0.1) is 0 Å². The van der Waals surface area contributed by atoms with Crippen LogP contribution < -0.4 is 4.74 Å². The number of hydrogen-bond acceptors (Lipinski definition) is 2. The van der Waals surface area contributed by atoms with E-state index in [-0.39, 0.29) is 5.78 Å². The third kappa shape index (κ3) is 6.79. The van der Waals surface area contributed by atoms with Crippen LogP contribution in [0, 0.1) is 6.92 Å². The van der Waals surface area contributed by atoms with Crippen LogP contribution in [0.5, 0.6) is 5.75 Å². The Kier molecular flexibility index (Phi) is 8.80. The van der Waals surface area contributed by atoms with E-state index in [2.05, 4.69) is 6.92 Å². The Hall–Kier alpha value is -1.31. The van der Waals surface area contributed by atoms with Crippen molar-refractivity contribution >= 4 is 5.78 Å². The predicted molar refractivity (Wildman–Crippen MR) is 89.3 cm³/mol. The number of carbonyl (C=O) groups is 1. The van der Waals surface area contributed by atoms with Crippen LogP contribution in [0.25, 0.3) is 0 Å². The van der Waals surface area contributed by atoms with Gasteiger partial charge in [0.05, 0.1) is 12.2 Å². The van der Waals surface area contributed by atoms with Crippen LogP contribution in [0.15, 0.2) is 18.2 Å². The molecule has 0 aromatic heterocycles. The predicted octanol–water partition coefficient (Wildman–Crippen LogP) is 5.72. The highest BCUT2D eigenvalue weighted by Crippen LogP contribution is 2.22. The normalized spacial score (nSPS) is 10.6. The van der Waals surface area contributed by atoms with Gasteiger partial charge >= 0.3 is 0 Å². The Morgan fingerprint density at radius 2 is 1.67 bits per heavy atom. The molecule has 0 saturated heterocycles. The zero-order valence-electron chi connectivity index (χ0n) is 13.9. The Bertz CT molecular complexity index is 424. The minimum Gasteiger partial charge on any atom is -0.493 e. The fourth-order valence-electron chi connectivity index (χ4n) is 2.52. The molecule has 0 aliphatic carbocycles. The summed E-state index contributed by atoms with van der Waals surface area (Å²) in [4.78, 5) is 12.3. The van der Waals surface area contributed by atoms with Gasteiger partial charge in [0.1, 0.15) is 5.75 Å². The molecule has 0 bridgehead atoms. The Balaban J connectivity index is 2.39. The topological polar surface area (TPSA) is 26.3 Å². The van der Waals surface area contributed by atoms with Crippen molar-refractivity contribution in [1.29, 1.82) is 0 Å². The summed E-state index contributed by atoms with van der Waals surface area (Å²) in [7, 11) is 0. The van der Waals surface area contributed by atoms with E-state index in [1.807, 2.05) is 32.0 Å². The lowest BCUT2D eigenvalue weighted by molar-refractivity contribution is 0.0975. The first-order chi connectivity index (χ1) is 10.2. The highest BCUT2D eigenvalue weighted by molar-refractivity contribution is 5.98. The number of Topliss-reactive ketones (excluding diaryl/α,β-unsaturated/α-hetero) is 1. The van der Waals surface area contributed by atoms with Gasteiger partial charge in [0, 0.05) is 6.42 Å². The zero-order chi connectivity index (χ0) is 15.5. The molecule has 2 nitrogen and oxygen atoms in total. The maximum Gasteiger partial charge on any atom is 0.166 e. The molecule has 1 aromatic rings. The van der Waals surface area contributed by atoms with Crippen LogP contribution in [0.3, 0.4) is 0 Å². The number of benzene rings is 1. The highest BCUT2D eigenvalue weighted by atomic mass is 16.5. The van der Waals surface area contributed by atoms with Crippen molar-refractivity contribution < 1.29 is 9.53 Å². The minimum absolute atomic E-state index is 0.218. The number of ether oxygens (including phenoxy) is 1. The molecule has 0 aliphatic heterocycles. The first kappa shape index (κ1) is 17.7. The van der Waals surface area contributed by atoms with E-state index in [1.165, 1.54) is 32.1 Å². The fraction of sp³-hybridized carbons (Fsp3) is 0.632. The SMILES string of the molecule is CCCCCCCCCC(=O)c1cc(C)ccc1OCC. The minimum atomic E-state index is 0.218. The van der Waals surface area contributed by atoms with Crippen LogP contribution in [0.4, 0.5) is 0 Å². The van der Waals surface area contributed by atoms with Crippen molar-refractivity contribution in [2.24, 2.45) is 0 Å². The molecule has 1 aromatic carbocycles. The molecule has 0 fully saturated rings. The number of ketones is 1. The summed E-state index contributed by atoms with van der Waals surface area (Å²) < 4.78 is 5.56. The highest BCUT2D eigenvalue weighted by Gasteiger charge is 2.12. The molecule has 0 atom stereocenters. The summed E-state index contributed by atoms with van der Waals surface area (Å²) in [6, 6.07) is 5.86. The number of unbranched alkanes of at least 4 members (excludes halogenated alkanes) is 6. The second-order valence-corrected chi connectivity index (χ2v) is 5.73. The molecular formula is C19H30O2. The fourth-order valence-corrected chi connectivity index (χ4v) is 2.52. The van der Waals surface area contributed by atoms with Crippen LogP contribution >= 0.6 is 0 Å². The van der Waals surface area contributed by atoms with E-state index in [0.717, 1.165) is 29.7 Å². The molecule has 0 aliphatic rings. The first-order valence-electron chi connectivity index (χ1n) is 8.45. The van der Waals surface area contributed by atoms with E-state index in [9.17, 15) is 4.79 Å². The Morgan fingerprint density at radius 3 is 2.33 bits per heavy atom. The van der Waals surface area contributed by atoms with E-state index in [0.29, 0.717) is 13.0 Å². The molecule has 21 heavy (non-hydrogen) atoms. The van der Waals surface area contributed by atoms with Crippen molar-refractivity contribution in [2.45, 2.75) is 72.1 Å². The number of carbonyl (C=O) groups excluding carboxylic acids is 1. The average molecular weight is 290 g/mol.